The largest absolute Gasteiger partial charge is 0.444 e. The Balaban J connectivity index is 0.00000280. The second-order valence-electron chi connectivity index (χ2n) is 7.48. The Morgan fingerprint density at radius 3 is 2.54 bits per heavy atom. The molecular weight excluding hydrogens is 465 g/mol. The molecule has 2 heterocycles. The van der Waals surface area contributed by atoms with E-state index in [2.05, 4.69) is 58.4 Å². The van der Waals surface area contributed by atoms with Crippen LogP contribution in [0.1, 0.15) is 37.9 Å². The van der Waals surface area contributed by atoms with Crippen molar-refractivity contribution in [1.29, 1.82) is 0 Å². The molecular formula is C21H32IN5O. The molecule has 0 bridgehead atoms. The van der Waals surface area contributed by atoms with Crippen LogP contribution in [0.3, 0.4) is 0 Å². The molecule has 1 aliphatic rings. The summed E-state index contributed by atoms with van der Waals surface area (Å²) in [5.74, 6) is 1.47. The van der Waals surface area contributed by atoms with Gasteiger partial charge < -0.3 is 20.0 Å². The highest BCUT2D eigenvalue weighted by molar-refractivity contribution is 14.0. The highest BCUT2D eigenvalue weighted by Crippen LogP contribution is 2.19. The summed E-state index contributed by atoms with van der Waals surface area (Å²) in [4.78, 5) is 11.4. The highest BCUT2D eigenvalue weighted by atomic mass is 127. The van der Waals surface area contributed by atoms with E-state index in [0.717, 1.165) is 43.1 Å². The molecule has 1 saturated heterocycles. The number of guanidine groups is 1. The minimum Gasteiger partial charge on any atom is -0.444 e. The summed E-state index contributed by atoms with van der Waals surface area (Å²) >= 11 is 0. The van der Waals surface area contributed by atoms with E-state index in [1.165, 1.54) is 5.56 Å². The van der Waals surface area contributed by atoms with E-state index in [-0.39, 0.29) is 24.0 Å². The Kier molecular flexibility index (Phi) is 8.75. The lowest BCUT2D eigenvalue weighted by Gasteiger charge is -2.35. The zero-order valence-corrected chi connectivity index (χ0v) is 19.6. The number of rotatable bonds is 5. The molecule has 0 saturated carbocycles. The Labute approximate surface area is 185 Å². The summed E-state index contributed by atoms with van der Waals surface area (Å²) in [5, 5.41) is 6.88. The summed E-state index contributed by atoms with van der Waals surface area (Å²) in [6.45, 7) is 9.44. The number of nitrogens with zero attached hydrogens (tertiary/aromatic N) is 3. The number of halogens is 1. The molecule has 154 valence electrons. The van der Waals surface area contributed by atoms with Crippen molar-refractivity contribution in [2.75, 3.05) is 20.1 Å². The zero-order valence-electron chi connectivity index (χ0n) is 17.2. The normalized spacial score (nSPS) is 16.1. The molecule has 0 radical (unpaired) electrons. The van der Waals surface area contributed by atoms with E-state index >= 15 is 0 Å². The minimum absolute atomic E-state index is 0. The predicted molar refractivity (Wildman–Crippen MR) is 125 cm³/mol. The second kappa shape index (κ2) is 10.8. The molecule has 28 heavy (non-hydrogen) atoms. The molecule has 7 heteroatoms. The van der Waals surface area contributed by atoms with E-state index in [0.29, 0.717) is 24.5 Å². The van der Waals surface area contributed by atoms with Crippen molar-refractivity contribution in [2.24, 2.45) is 4.99 Å². The molecule has 3 rings (SSSR count). The number of aliphatic imine (C=N–C) groups is 1. The quantitative estimate of drug-likeness (QED) is 0.374. The molecule has 0 unspecified atom stereocenters. The average molecular weight is 497 g/mol. The summed E-state index contributed by atoms with van der Waals surface area (Å²) in [6.07, 6.45) is 3.98. The number of hydrogen-bond donors (Lipinski definition) is 2. The first-order chi connectivity index (χ1) is 13.0. The van der Waals surface area contributed by atoms with Gasteiger partial charge in [-0.2, -0.15) is 0 Å². The van der Waals surface area contributed by atoms with Crippen LogP contribution in [0, 0.1) is 6.92 Å². The molecule has 2 N–H and O–H groups in total. The van der Waals surface area contributed by atoms with Gasteiger partial charge in [-0.05, 0) is 45.7 Å². The zero-order chi connectivity index (χ0) is 19.2. The second-order valence-corrected chi connectivity index (χ2v) is 7.48. The standard InChI is InChI=1S/C21H31N5O.HI/c1-15(2)26-11-9-18(10-12-26)25-21(22-4)23-13-19-14-27-20(24-19)17-7-5-16(3)6-8-17;/h5-8,14-15,18H,9-13H2,1-4H3,(H2,22,23,25);1H. The monoisotopic (exact) mass is 497 g/mol. The van der Waals surface area contributed by atoms with Gasteiger partial charge in [0, 0.05) is 37.8 Å². The van der Waals surface area contributed by atoms with Gasteiger partial charge in [0.15, 0.2) is 5.96 Å². The molecule has 6 nitrogen and oxygen atoms in total. The number of piperidine rings is 1. The van der Waals surface area contributed by atoms with Gasteiger partial charge in [-0.15, -0.1) is 24.0 Å². The van der Waals surface area contributed by atoms with Gasteiger partial charge in [-0.1, -0.05) is 17.7 Å². The van der Waals surface area contributed by atoms with Crippen molar-refractivity contribution in [3.05, 3.63) is 41.8 Å². The van der Waals surface area contributed by atoms with E-state index < -0.39 is 0 Å². The number of hydrogen-bond acceptors (Lipinski definition) is 4. The van der Waals surface area contributed by atoms with Gasteiger partial charge in [-0.3, -0.25) is 4.99 Å². The van der Waals surface area contributed by atoms with Crippen LogP contribution in [0.15, 0.2) is 39.9 Å². The van der Waals surface area contributed by atoms with E-state index in [9.17, 15) is 0 Å². The first-order valence-corrected chi connectivity index (χ1v) is 9.78. The number of likely N-dealkylation sites (tertiary alicyclic amines) is 1. The fraction of sp³-hybridized carbons (Fsp3) is 0.524. The molecule has 2 aromatic rings. The minimum atomic E-state index is 0. The van der Waals surface area contributed by atoms with E-state index in [4.69, 9.17) is 4.42 Å². The lowest BCUT2D eigenvalue weighted by molar-refractivity contribution is 0.167. The average Bonchev–Trinajstić information content (AvgIpc) is 3.15. The van der Waals surface area contributed by atoms with Crippen LogP contribution in [-0.2, 0) is 6.54 Å². The lowest BCUT2D eigenvalue weighted by atomic mass is 10.0. The molecule has 0 aliphatic carbocycles. The number of aromatic nitrogens is 1. The van der Waals surface area contributed by atoms with Crippen molar-refractivity contribution in [1.82, 2.24) is 20.5 Å². The third kappa shape index (κ3) is 6.20. The van der Waals surface area contributed by atoms with Crippen LogP contribution in [0.5, 0.6) is 0 Å². The van der Waals surface area contributed by atoms with E-state index in [1.54, 1.807) is 13.3 Å². The molecule has 1 fully saturated rings. The van der Waals surface area contributed by atoms with Gasteiger partial charge in [0.25, 0.3) is 0 Å². The Morgan fingerprint density at radius 2 is 1.93 bits per heavy atom. The van der Waals surface area contributed by atoms with Crippen molar-refractivity contribution in [3.63, 3.8) is 0 Å². The smallest absolute Gasteiger partial charge is 0.226 e. The third-order valence-corrected chi connectivity index (χ3v) is 5.11. The lowest BCUT2D eigenvalue weighted by Crippen LogP contribution is -2.49. The van der Waals surface area contributed by atoms with Crippen LogP contribution < -0.4 is 10.6 Å². The molecule has 0 amide bonds. The van der Waals surface area contributed by atoms with Crippen molar-refractivity contribution >= 4 is 29.9 Å². The van der Waals surface area contributed by atoms with Crippen molar-refractivity contribution in [3.8, 4) is 11.5 Å². The maximum atomic E-state index is 5.62. The van der Waals surface area contributed by atoms with Crippen LogP contribution in [-0.4, -0.2) is 48.1 Å². The first-order valence-electron chi connectivity index (χ1n) is 9.78. The Bertz CT molecular complexity index is 748. The van der Waals surface area contributed by atoms with Crippen molar-refractivity contribution in [2.45, 2.75) is 52.2 Å². The van der Waals surface area contributed by atoms with Crippen LogP contribution in [0.4, 0.5) is 0 Å². The number of aryl methyl sites for hydroxylation is 1. The molecule has 1 aromatic carbocycles. The molecule has 0 spiro atoms. The Morgan fingerprint density at radius 1 is 1.25 bits per heavy atom. The topological polar surface area (TPSA) is 65.7 Å². The number of oxazole rings is 1. The fourth-order valence-electron chi connectivity index (χ4n) is 3.34. The fourth-order valence-corrected chi connectivity index (χ4v) is 3.34. The summed E-state index contributed by atoms with van der Waals surface area (Å²) in [6, 6.07) is 9.27. The van der Waals surface area contributed by atoms with Crippen molar-refractivity contribution < 1.29 is 4.42 Å². The summed E-state index contributed by atoms with van der Waals surface area (Å²) in [5.41, 5.74) is 3.08. The molecule has 1 aromatic heterocycles. The maximum absolute atomic E-state index is 5.62. The molecule has 1 aliphatic heterocycles. The van der Waals surface area contributed by atoms with Crippen LogP contribution in [0.2, 0.25) is 0 Å². The van der Waals surface area contributed by atoms with Crippen LogP contribution >= 0.6 is 24.0 Å². The third-order valence-electron chi connectivity index (χ3n) is 5.11. The Hall–Kier alpha value is -1.61. The van der Waals surface area contributed by atoms with Crippen LogP contribution in [0.25, 0.3) is 11.5 Å². The number of nitrogens with one attached hydrogen (secondary N) is 2. The SMILES string of the molecule is CN=C(NCc1coc(-c2ccc(C)cc2)n1)NC1CCN(C(C)C)CC1.I. The summed E-state index contributed by atoms with van der Waals surface area (Å²) in [7, 11) is 1.80. The van der Waals surface area contributed by atoms with E-state index in [1.807, 2.05) is 12.1 Å². The van der Waals surface area contributed by atoms with Gasteiger partial charge in [0.2, 0.25) is 5.89 Å². The molecule has 0 atom stereocenters. The van der Waals surface area contributed by atoms with Gasteiger partial charge in [-0.25, -0.2) is 4.98 Å². The van der Waals surface area contributed by atoms with Gasteiger partial charge >= 0.3 is 0 Å². The van der Waals surface area contributed by atoms with Gasteiger partial charge in [0.1, 0.15) is 6.26 Å². The first kappa shape index (κ1) is 22.7. The summed E-state index contributed by atoms with van der Waals surface area (Å²) < 4.78 is 5.62. The number of benzene rings is 1. The maximum Gasteiger partial charge on any atom is 0.226 e. The van der Waals surface area contributed by atoms with Gasteiger partial charge in [0.05, 0.1) is 12.2 Å². The highest BCUT2D eigenvalue weighted by Gasteiger charge is 2.21. The predicted octanol–water partition coefficient (Wildman–Crippen LogP) is 3.81.